The summed E-state index contributed by atoms with van der Waals surface area (Å²) in [5.41, 5.74) is 0. The zero-order valence-electron chi connectivity index (χ0n) is 11.0. The van der Waals surface area contributed by atoms with Crippen LogP contribution in [0.15, 0.2) is 0 Å². The maximum atomic E-state index is 11.8. The second-order valence-electron chi connectivity index (χ2n) is 4.21. The van der Waals surface area contributed by atoms with Crippen molar-refractivity contribution in [1.29, 1.82) is 0 Å². The van der Waals surface area contributed by atoms with Crippen LogP contribution in [0.3, 0.4) is 0 Å². The van der Waals surface area contributed by atoms with E-state index in [1.54, 1.807) is 6.92 Å². The van der Waals surface area contributed by atoms with Gasteiger partial charge in [0.2, 0.25) is 5.91 Å². The lowest BCUT2D eigenvalue weighted by Gasteiger charge is -2.19. The number of aliphatic carboxylic acids is 1. The molecule has 0 saturated carbocycles. The maximum Gasteiger partial charge on any atom is 0.316 e. The third kappa shape index (κ3) is 6.56. The summed E-state index contributed by atoms with van der Waals surface area (Å²) in [6, 6.07) is 0.153. The Kier molecular flexibility index (Phi) is 8.04. The fourth-order valence-corrected chi connectivity index (χ4v) is 2.50. The quantitative estimate of drug-likeness (QED) is 0.703. The summed E-state index contributed by atoms with van der Waals surface area (Å²) in [7, 11) is 0. The molecule has 0 aliphatic rings. The standard InChI is InChI=1S/C12H23NO3S/c1-5-7-8(3)13-11(14)9(4)17-10(6-2)12(15)16/h8-10H,5-7H2,1-4H3,(H,13,14)(H,15,16). The van der Waals surface area contributed by atoms with E-state index in [0.717, 1.165) is 12.8 Å². The Morgan fingerprint density at radius 2 is 1.88 bits per heavy atom. The third-order valence-corrected chi connectivity index (χ3v) is 3.98. The van der Waals surface area contributed by atoms with Crippen molar-refractivity contribution in [2.75, 3.05) is 0 Å². The van der Waals surface area contributed by atoms with Crippen LogP contribution in [-0.4, -0.2) is 33.5 Å². The molecule has 3 unspecified atom stereocenters. The number of amides is 1. The summed E-state index contributed by atoms with van der Waals surface area (Å²) in [6.45, 7) is 7.60. The lowest BCUT2D eigenvalue weighted by Crippen LogP contribution is -2.38. The Bertz CT molecular complexity index is 258. The Labute approximate surface area is 108 Å². The smallest absolute Gasteiger partial charge is 0.316 e. The molecule has 2 N–H and O–H groups in total. The number of carbonyl (C=O) groups excluding carboxylic acids is 1. The SMILES string of the molecule is CCCC(C)NC(=O)C(C)SC(CC)C(=O)O. The number of carbonyl (C=O) groups is 2. The molecule has 1 amide bonds. The van der Waals surface area contributed by atoms with Gasteiger partial charge in [0.1, 0.15) is 5.25 Å². The van der Waals surface area contributed by atoms with Crippen molar-refractivity contribution >= 4 is 23.6 Å². The first-order valence-corrected chi connectivity index (χ1v) is 7.05. The molecule has 100 valence electrons. The van der Waals surface area contributed by atoms with E-state index in [2.05, 4.69) is 12.2 Å². The molecule has 0 rings (SSSR count). The van der Waals surface area contributed by atoms with E-state index < -0.39 is 11.2 Å². The van der Waals surface area contributed by atoms with E-state index >= 15 is 0 Å². The molecule has 0 aromatic rings. The minimum atomic E-state index is -0.848. The number of hydrogen-bond acceptors (Lipinski definition) is 3. The fraction of sp³-hybridized carbons (Fsp3) is 0.833. The number of thioether (sulfide) groups is 1. The molecule has 0 aliphatic carbocycles. The van der Waals surface area contributed by atoms with E-state index in [1.165, 1.54) is 11.8 Å². The van der Waals surface area contributed by atoms with Crippen LogP contribution in [0.5, 0.6) is 0 Å². The van der Waals surface area contributed by atoms with Gasteiger partial charge in [-0.1, -0.05) is 20.3 Å². The van der Waals surface area contributed by atoms with Gasteiger partial charge in [0.15, 0.2) is 0 Å². The largest absolute Gasteiger partial charge is 0.480 e. The van der Waals surface area contributed by atoms with Gasteiger partial charge in [-0.15, -0.1) is 11.8 Å². The minimum Gasteiger partial charge on any atom is -0.480 e. The van der Waals surface area contributed by atoms with Gasteiger partial charge in [-0.25, -0.2) is 0 Å². The van der Waals surface area contributed by atoms with Gasteiger partial charge in [-0.3, -0.25) is 9.59 Å². The first-order valence-electron chi connectivity index (χ1n) is 6.10. The molecule has 0 radical (unpaired) electrons. The van der Waals surface area contributed by atoms with Gasteiger partial charge in [0.25, 0.3) is 0 Å². The van der Waals surface area contributed by atoms with Gasteiger partial charge in [-0.05, 0) is 26.7 Å². The lowest BCUT2D eigenvalue weighted by molar-refractivity contribution is -0.136. The molecule has 0 saturated heterocycles. The molecule has 3 atom stereocenters. The summed E-state index contributed by atoms with van der Waals surface area (Å²) in [5, 5.41) is 11.0. The predicted octanol–water partition coefficient (Wildman–Crippen LogP) is 2.28. The zero-order valence-corrected chi connectivity index (χ0v) is 11.8. The van der Waals surface area contributed by atoms with Crippen molar-refractivity contribution in [3.63, 3.8) is 0 Å². The average Bonchev–Trinajstić information content (AvgIpc) is 2.25. The molecule has 0 heterocycles. The summed E-state index contributed by atoms with van der Waals surface area (Å²) < 4.78 is 0. The highest BCUT2D eigenvalue weighted by Gasteiger charge is 2.23. The number of carboxylic acid groups (broad SMARTS) is 1. The topological polar surface area (TPSA) is 66.4 Å². The van der Waals surface area contributed by atoms with Gasteiger partial charge < -0.3 is 10.4 Å². The van der Waals surface area contributed by atoms with Crippen molar-refractivity contribution in [2.24, 2.45) is 0 Å². The Morgan fingerprint density at radius 3 is 2.29 bits per heavy atom. The predicted molar refractivity (Wildman–Crippen MR) is 71.3 cm³/mol. The molecule has 0 aromatic heterocycles. The van der Waals surface area contributed by atoms with Gasteiger partial charge in [0, 0.05) is 6.04 Å². The van der Waals surface area contributed by atoms with E-state index in [4.69, 9.17) is 5.11 Å². The Hall–Kier alpha value is -0.710. The highest BCUT2D eigenvalue weighted by Crippen LogP contribution is 2.21. The normalized spacial score (nSPS) is 16.0. The van der Waals surface area contributed by atoms with Crippen molar-refractivity contribution in [2.45, 2.75) is 63.5 Å². The summed E-state index contributed by atoms with van der Waals surface area (Å²) in [5.74, 6) is -0.922. The van der Waals surface area contributed by atoms with Crippen LogP contribution in [0, 0.1) is 0 Å². The van der Waals surface area contributed by atoms with Crippen LogP contribution in [0.4, 0.5) is 0 Å². The van der Waals surface area contributed by atoms with Gasteiger partial charge in [0.05, 0.1) is 5.25 Å². The van der Waals surface area contributed by atoms with E-state index in [0.29, 0.717) is 6.42 Å². The number of rotatable bonds is 8. The monoisotopic (exact) mass is 261 g/mol. The fourth-order valence-electron chi connectivity index (χ4n) is 1.50. The molecule has 4 nitrogen and oxygen atoms in total. The maximum absolute atomic E-state index is 11.8. The molecule has 0 bridgehead atoms. The van der Waals surface area contributed by atoms with Gasteiger partial charge >= 0.3 is 5.97 Å². The van der Waals surface area contributed by atoms with Crippen LogP contribution in [-0.2, 0) is 9.59 Å². The molecule has 17 heavy (non-hydrogen) atoms. The number of hydrogen-bond donors (Lipinski definition) is 2. The molecule has 0 spiro atoms. The van der Waals surface area contributed by atoms with Crippen LogP contribution in [0.25, 0.3) is 0 Å². The van der Waals surface area contributed by atoms with Crippen LogP contribution in [0.1, 0.15) is 47.0 Å². The molecular weight excluding hydrogens is 238 g/mol. The first-order chi connectivity index (χ1) is 7.92. The van der Waals surface area contributed by atoms with Gasteiger partial charge in [-0.2, -0.15) is 0 Å². The summed E-state index contributed by atoms with van der Waals surface area (Å²) >= 11 is 1.21. The van der Waals surface area contributed by atoms with E-state index in [1.807, 2.05) is 13.8 Å². The third-order valence-electron chi connectivity index (χ3n) is 2.49. The van der Waals surface area contributed by atoms with Crippen LogP contribution < -0.4 is 5.32 Å². The molecular formula is C12H23NO3S. The molecule has 0 aliphatic heterocycles. The molecule has 5 heteroatoms. The number of carboxylic acids is 1. The average molecular weight is 261 g/mol. The van der Waals surface area contributed by atoms with E-state index in [-0.39, 0.29) is 17.2 Å². The summed E-state index contributed by atoms with van der Waals surface area (Å²) in [4.78, 5) is 22.6. The molecule has 0 aromatic carbocycles. The lowest BCUT2D eigenvalue weighted by atomic mass is 10.2. The van der Waals surface area contributed by atoms with E-state index in [9.17, 15) is 9.59 Å². The Morgan fingerprint density at radius 1 is 1.29 bits per heavy atom. The van der Waals surface area contributed by atoms with Crippen molar-refractivity contribution in [3.8, 4) is 0 Å². The van der Waals surface area contributed by atoms with Crippen LogP contribution in [0.2, 0.25) is 0 Å². The van der Waals surface area contributed by atoms with Crippen molar-refractivity contribution in [1.82, 2.24) is 5.32 Å². The zero-order chi connectivity index (χ0) is 13.4. The minimum absolute atomic E-state index is 0.0735. The number of nitrogens with one attached hydrogen (secondary N) is 1. The first kappa shape index (κ1) is 16.3. The highest BCUT2D eigenvalue weighted by molar-refractivity contribution is 8.01. The Balaban J connectivity index is 4.16. The second kappa shape index (κ2) is 8.39. The van der Waals surface area contributed by atoms with Crippen molar-refractivity contribution in [3.05, 3.63) is 0 Å². The van der Waals surface area contributed by atoms with Crippen molar-refractivity contribution < 1.29 is 14.7 Å². The summed E-state index contributed by atoms with van der Waals surface area (Å²) in [6.07, 6.45) is 2.50. The highest BCUT2D eigenvalue weighted by atomic mass is 32.2. The van der Waals surface area contributed by atoms with Crippen LogP contribution >= 0.6 is 11.8 Å². The molecule has 0 fully saturated rings. The second-order valence-corrected chi connectivity index (χ2v) is 5.76.